The molecule has 0 aliphatic carbocycles. The predicted molar refractivity (Wildman–Crippen MR) is 100 cm³/mol. The van der Waals surface area contributed by atoms with Crippen molar-refractivity contribution in [3.63, 3.8) is 0 Å². The van der Waals surface area contributed by atoms with Crippen molar-refractivity contribution in [2.24, 2.45) is 0 Å². The predicted octanol–water partition coefficient (Wildman–Crippen LogP) is 2.36. The van der Waals surface area contributed by atoms with Crippen molar-refractivity contribution in [3.8, 4) is 5.75 Å². The molecule has 0 radical (unpaired) electrons. The van der Waals surface area contributed by atoms with Gasteiger partial charge >= 0.3 is 0 Å². The zero-order chi connectivity index (χ0) is 19.6. The molecule has 140 valence electrons. The summed E-state index contributed by atoms with van der Waals surface area (Å²) in [6.45, 7) is 3.83. The summed E-state index contributed by atoms with van der Waals surface area (Å²) in [5.41, 5.74) is 1.72. The minimum absolute atomic E-state index is 0.00368. The van der Waals surface area contributed by atoms with Crippen LogP contribution in [0, 0.1) is 24.0 Å². The van der Waals surface area contributed by atoms with Gasteiger partial charge in [-0.25, -0.2) is 4.98 Å². The van der Waals surface area contributed by atoms with Crippen LogP contribution >= 0.6 is 0 Å². The maximum absolute atomic E-state index is 12.6. The van der Waals surface area contributed by atoms with Gasteiger partial charge in [-0.15, -0.1) is 0 Å². The Balaban J connectivity index is 1.77. The summed E-state index contributed by atoms with van der Waals surface area (Å²) in [6.07, 6.45) is 0.373. The van der Waals surface area contributed by atoms with E-state index in [0.29, 0.717) is 11.3 Å². The fourth-order valence-corrected chi connectivity index (χ4v) is 2.72. The van der Waals surface area contributed by atoms with E-state index in [1.807, 2.05) is 32.0 Å². The molecular weight excluding hydrogens is 350 g/mol. The lowest BCUT2D eigenvalue weighted by molar-refractivity contribution is -0.384. The van der Waals surface area contributed by atoms with E-state index >= 15 is 0 Å². The van der Waals surface area contributed by atoms with Crippen LogP contribution in [0.1, 0.15) is 11.1 Å². The highest BCUT2D eigenvalue weighted by Crippen LogP contribution is 2.19. The highest BCUT2D eigenvalue weighted by Gasteiger charge is 2.14. The van der Waals surface area contributed by atoms with Gasteiger partial charge in [0.1, 0.15) is 18.5 Å². The van der Waals surface area contributed by atoms with Crippen molar-refractivity contribution in [1.29, 1.82) is 0 Å². The first kappa shape index (κ1) is 18.5. The molecule has 1 heterocycles. The van der Waals surface area contributed by atoms with E-state index in [2.05, 4.69) is 4.98 Å². The molecule has 27 heavy (non-hydrogen) atoms. The van der Waals surface area contributed by atoms with Crippen molar-refractivity contribution in [3.05, 3.63) is 74.3 Å². The van der Waals surface area contributed by atoms with Crippen LogP contribution in [0.3, 0.4) is 0 Å². The zero-order valence-electron chi connectivity index (χ0n) is 15.0. The number of aromatic nitrogens is 2. The zero-order valence-corrected chi connectivity index (χ0v) is 15.0. The fraction of sp³-hybridized carbons (Fsp3) is 0.263. The van der Waals surface area contributed by atoms with Crippen LogP contribution in [0.25, 0.3) is 10.9 Å². The van der Waals surface area contributed by atoms with E-state index in [1.165, 1.54) is 29.1 Å². The number of rotatable bonds is 6. The van der Waals surface area contributed by atoms with Crippen molar-refractivity contribution in [2.75, 3.05) is 6.61 Å². The van der Waals surface area contributed by atoms with Crippen molar-refractivity contribution in [1.82, 2.24) is 9.55 Å². The van der Waals surface area contributed by atoms with Crippen LogP contribution in [0.4, 0.5) is 5.69 Å². The van der Waals surface area contributed by atoms with Gasteiger partial charge in [0.05, 0.1) is 28.7 Å². The molecule has 8 nitrogen and oxygen atoms in total. The average molecular weight is 369 g/mol. The van der Waals surface area contributed by atoms with E-state index in [4.69, 9.17) is 4.74 Å². The molecule has 1 N–H and O–H groups in total. The molecule has 0 aliphatic heterocycles. The molecule has 0 aliphatic rings. The van der Waals surface area contributed by atoms with Gasteiger partial charge in [0, 0.05) is 12.1 Å². The van der Waals surface area contributed by atoms with Crippen LogP contribution in [0.5, 0.6) is 5.75 Å². The number of non-ortho nitro benzene ring substituents is 1. The molecule has 1 atom stereocenters. The van der Waals surface area contributed by atoms with Gasteiger partial charge < -0.3 is 9.84 Å². The first-order valence-corrected chi connectivity index (χ1v) is 8.37. The van der Waals surface area contributed by atoms with E-state index in [0.717, 1.165) is 11.1 Å². The molecule has 2 aromatic carbocycles. The first-order valence-electron chi connectivity index (χ1n) is 8.37. The second-order valence-electron chi connectivity index (χ2n) is 6.39. The third-order valence-electron chi connectivity index (χ3n) is 4.20. The number of hydrogen-bond acceptors (Lipinski definition) is 6. The van der Waals surface area contributed by atoms with E-state index in [-0.39, 0.29) is 24.2 Å². The maximum atomic E-state index is 12.6. The number of ether oxygens (including phenoxy) is 1. The van der Waals surface area contributed by atoms with Crippen LogP contribution in [-0.2, 0) is 6.54 Å². The summed E-state index contributed by atoms with van der Waals surface area (Å²) in [6, 6.07) is 9.70. The van der Waals surface area contributed by atoms with Crippen LogP contribution in [0.2, 0.25) is 0 Å². The van der Waals surface area contributed by atoms with Gasteiger partial charge in [-0.3, -0.25) is 19.5 Å². The number of aryl methyl sites for hydroxylation is 2. The van der Waals surface area contributed by atoms with E-state index in [9.17, 15) is 20.0 Å². The topological polar surface area (TPSA) is 107 Å². The fourth-order valence-electron chi connectivity index (χ4n) is 2.72. The number of fused-ring (bicyclic) bond motifs is 1. The van der Waals surface area contributed by atoms with Gasteiger partial charge in [-0.05, 0) is 37.1 Å². The molecular formula is C19H19N3O5. The third kappa shape index (κ3) is 4.12. The minimum atomic E-state index is -0.944. The monoisotopic (exact) mass is 369 g/mol. The Morgan fingerprint density at radius 3 is 2.78 bits per heavy atom. The van der Waals surface area contributed by atoms with E-state index < -0.39 is 16.6 Å². The van der Waals surface area contributed by atoms with Crippen molar-refractivity contribution in [2.45, 2.75) is 26.5 Å². The third-order valence-corrected chi connectivity index (χ3v) is 4.20. The van der Waals surface area contributed by atoms with Crippen molar-refractivity contribution >= 4 is 16.6 Å². The van der Waals surface area contributed by atoms with Gasteiger partial charge in [-0.1, -0.05) is 12.1 Å². The van der Waals surface area contributed by atoms with Crippen molar-refractivity contribution < 1.29 is 14.8 Å². The smallest absolute Gasteiger partial charge is 0.270 e. The Hall–Kier alpha value is -3.26. The lowest BCUT2D eigenvalue weighted by Crippen LogP contribution is -2.30. The molecule has 0 bridgehead atoms. The Morgan fingerprint density at radius 1 is 1.26 bits per heavy atom. The van der Waals surface area contributed by atoms with Crippen LogP contribution < -0.4 is 10.3 Å². The first-order chi connectivity index (χ1) is 12.8. The molecule has 0 saturated carbocycles. The minimum Gasteiger partial charge on any atom is -0.491 e. The standard InChI is InChI=1S/C19H19N3O5/c1-12-3-4-13(2)18(7-12)27-10-15(23)9-21-11-20-17-6-5-14(22(25)26)8-16(17)19(21)24/h3-8,11,15,23H,9-10H2,1-2H3. The Morgan fingerprint density at radius 2 is 2.04 bits per heavy atom. The lowest BCUT2D eigenvalue weighted by Gasteiger charge is -2.15. The lowest BCUT2D eigenvalue weighted by atomic mass is 10.1. The Kier molecular flexibility index (Phi) is 5.18. The SMILES string of the molecule is Cc1ccc(C)c(OCC(O)Cn2cnc3ccc([N+](=O)[O-])cc3c2=O)c1. The number of benzene rings is 2. The second-order valence-corrected chi connectivity index (χ2v) is 6.39. The summed E-state index contributed by atoms with van der Waals surface area (Å²) >= 11 is 0. The molecule has 1 aromatic heterocycles. The second kappa shape index (κ2) is 7.55. The number of nitro benzene ring substituents is 1. The highest BCUT2D eigenvalue weighted by atomic mass is 16.6. The quantitative estimate of drug-likeness (QED) is 0.528. The summed E-state index contributed by atoms with van der Waals surface area (Å²) in [4.78, 5) is 27.0. The molecule has 8 heteroatoms. The number of aliphatic hydroxyl groups is 1. The Bertz CT molecular complexity index is 1060. The number of nitro groups is 1. The summed E-state index contributed by atoms with van der Waals surface area (Å²) in [5, 5.41) is 21.3. The number of aliphatic hydroxyl groups excluding tert-OH is 1. The molecule has 3 rings (SSSR count). The molecule has 0 fully saturated rings. The van der Waals surface area contributed by atoms with Gasteiger partial charge in [0.25, 0.3) is 11.2 Å². The van der Waals surface area contributed by atoms with Gasteiger partial charge in [0.2, 0.25) is 0 Å². The normalized spacial score (nSPS) is 12.1. The molecule has 0 spiro atoms. The molecule has 0 saturated heterocycles. The number of hydrogen-bond donors (Lipinski definition) is 1. The van der Waals surface area contributed by atoms with Crippen LogP contribution in [0.15, 0.2) is 47.5 Å². The number of nitrogens with zero attached hydrogens (tertiary/aromatic N) is 3. The van der Waals surface area contributed by atoms with Crippen LogP contribution in [-0.4, -0.2) is 32.3 Å². The molecule has 0 amide bonds. The summed E-state index contributed by atoms with van der Waals surface area (Å²) < 4.78 is 6.88. The van der Waals surface area contributed by atoms with E-state index in [1.54, 1.807) is 0 Å². The maximum Gasteiger partial charge on any atom is 0.270 e. The highest BCUT2D eigenvalue weighted by molar-refractivity contribution is 5.79. The van der Waals surface area contributed by atoms with Gasteiger partial charge in [0.15, 0.2) is 0 Å². The average Bonchev–Trinajstić information content (AvgIpc) is 2.64. The molecule has 1 unspecified atom stereocenters. The van der Waals surface area contributed by atoms with Gasteiger partial charge in [-0.2, -0.15) is 0 Å². The molecule has 3 aromatic rings. The summed E-state index contributed by atoms with van der Waals surface area (Å²) in [5.74, 6) is 0.675. The Labute approximate surface area is 154 Å². The largest absolute Gasteiger partial charge is 0.491 e. The summed E-state index contributed by atoms with van der Waals surface area (Å²) in [7, 11) is 0.